The molecule has 0 fully saturated rings. The molecule has 32 heavy (non-hydrogen) atoms. The zero-order chi connectivity index (χ0) is 22.9. The van der Waals surface area contributed by atoms with Gasteiger partial charge in [-0.05, 0) is 68.6 Å². The van der Waals surface area contributed by atoms with E-state index >= 15 is 0 Å². The third kappa shape index (κ3) is 4.02. The number of nitrogens with one attached hydrogen (secondary N) is 1. The molecule has 0 saturated carbocycles. The number of fused-ring (bicyclic) bond motifs is 2. The number of benzene rings is 2. The van der Waals surface area contributed by atoms with Crippen LogP contribution in [0, 0.1) is 0 Å². The van der Waals surface area contributed by atoms with Crippen LogP contribution < -0.4 is 10.5 Å². The van der Waals surface area contributed by atoms with E-state index in [2.05, 4.69) is 9.97 Å². The number of halogens is 4. The SMILES string of the molecule is CCOc1ccc(-c2[nH]c3c(C(F)(F)F)ccc(Cl)c3c2CCCCN)c2cccnc12. The van der Waals surface area contributed by atoms with Crippen LogP contribution in [0.5, 0.6) is 5.75 Å². The van der Waals surface area contributed by atoms with Crippen molar-refractivity contribution in [3.8, 4) is 17.0 Å². The number of alkyl halides is 3. The monoisotopic (exact) mass is 461 g/mol. The van der Waals surface area contributed by atoms with Gasteiger partial charge in [-0.2, -0.15) is 13.2 Å². The number of H-pyrrole nitrogens is 1. The van der Waals surface area contributed by atoms with E-state index in [1.54, 1.807) is 18.3 Å². The highest BCUT2D eigenvalue weighted by atomic mass is 35.5. The Hall–Kier alpha value is -2.77. The number of aromatic amines is 1. The number of ether oxygens (including phenoxy) is 1. The Kier molecular flexibility index (Phi) is 6.31. The number of nitrogens with two attached hydrogens (primary N) is 1. The van der Waals surface area contributed by atoms with E-state index in [1.165, 1.54) is 6.07 Å². The molecule has 2 aromatic heterocycles. The van der Waals surface area contributed by atoms with Gasteiger partial charge in [0.15, 0.2) is 0 Å². The van der Waals surface area contributed by atoms with Crippen LogP contribution in [0.25, 0.3) is 33.1 Å². The van der Waals surface area contributed by atoms with Crippen molar-refractivity contribution in [1.82, 2.24) is 9.97 Å². The summed E-state index contributed by atoms with van der Waals surface area (Å²) < 4.78 is 47.1. The second-order valence-electron chi connectivity index (χ2n) is 7.51. The molecule has 4 aromatic rings. The molecule has 4 rings (SSSR count). The topological polar surface area (TPSA) is 63.9 Å². The maximum Gasteiger partial charge on any atom is 0.418 e. The molecule has 168 valence electrons. The first kappa shape index (κ1) is 22.4. The summed E-state index contributed by atoms with van der Waals surface area (Å²) in [7, 11) is 0. The molecule has 2 heterocycles. The third-order valence-corrected chi connectivity index (χ3v) is 5.81. The summed E-state index contributed by atoms with van der Waals surface area (Å²) in [6.45, 7) is 2.87. The predicted molar refractivity (Wildman–Crippen MR) is 122 cm³/mol. The summed E-state index contributed by atoms with van der Waals surface area (Å²) in [4.78, 5) is 7.52. The van der Waals surface area contributed by atoms with Crippen molar-refractivity contribution in [1.29, 1.82) is 0 Å². The van der Waals surface area contributed by atoms with Gasteiger partial charge in [0.05, 0.1) is 28.4 Å². The smallest absolute Gasteiger partial charge is 0.418 e. The molecule has 0 amide bonds. The number of unbranched alkanes of at least 4 members (excludes halogenated alkanes) is 1. The molecular formula is C24H23ClF3N3O. The van der Waals surface area contributed by atoms with E-state index in [9.17, 15) is 13.2 Å². The van der Waals surface area contributed by atoms with Gasteiger partial charge in [0, 0.05) is 22.5 Å². The molecule has 3 N–H and O–H groups in total. The average molecular weight is 462 g/mol. The fourth-order valence-electron chi connectivity index (χ4n) is 4.13. The van der Waals surface area contributed by atoms with Crippen molar-refractivity contribution >= 4 is 33.4 Å². The van der Waals surface area contributed by atoms with Gasteiger partial charge in [-0.25, -0.2) is 0 Å². The van der Waals surface area contributed by atoms with E-state index < -0.39 is 11.7 Å². The average Bonchev–Trinajstić information content (AvgIpc) is 3.13. The molecule has 0 aliphatic carbocycles. The number of rotatable bonds is 7. The third-order valence-electron chi connectivity index (χ3n) is 5.50. The van der Waals surface area contributed by atoms with Gasteiger partial charge in [-0.3, -0.25) is 4.98 Å². The fraction of sp³-hybridized carbons (Fsp3) is 0.292. The van der Waals surface area contributed by atoms with E-state index in [-0.39, 0.29) is 10.5 Å². The summed E-state index contributed by atoms with van der Waals surface area (Å²) in [5.74, 6) is 0.627. The molecular weight excluding hydrogens is 439 g/mol. The largest absolute Gasteiger partial charge is 0.492 e. The van der Waals surface area contributed by atoms with E-state index in [4.69, 9.17) is 22.1 Å². The molecule has 0 spiro atoms. The van der Waals surface area contributed by atoms with Crippen LogP contribution in [0.3, 0.4) is 0 Å². The first-order chi connectivity index (χ1) is 15.4. The minimum absolute atomic E-state index is 0.00586. The number of hydrogen-bond acceptors (Lipinski definition) is 3. The fourth-order valence-corrected chi connectivity index (χ4v) is 4.40. The number of hydrogen-bond donors (Lipinski definition) is 2. The Labute approximate surface area is 188 Å². The van der Waals surface area contributed by atoms with Crippen molar-refractivity contribution in [2.75, 3.05) is 13.2 Å². The van der Waals surface area contributed by atoms with Crippen molar-refractivity contribution in [3.05, 3.63) is 58.7 Å². The molecule has 0 aliphatic heterocycles. The van der Waals surface area contributed by atoms with Crippen LogP contribution >= 0.6 is 11.6 Å². The van der Waals surface area contributed by atoms with Gasteiger partial charge in [0.25, 0.3) is 0 Å². The van der Waals surface area contributed by atoms with Gasteiger partial charge in [0.2, 0.25) is 0 Å². The minimum atomic E-state index is -4.51. The summed E-state index contributed by atoms with van der Waals surface area (Å²) in [6.07, 6.45) is -0.810. The van der Waals surface area contributed by atoms with Gasteiger partial charge in [0.1, 0.15) is 11.3 Å². The normalized spacial score (nSPS) is 12.1. The molecule has 0 radical (unpaired) electrons. The Morgan fingerprint density at radius 3 is 2.66 bits per heavy atom. The van der Waals surface area contributed by atoms with Gasteiger partial charge < -0.3 is 15.5 Å². The molecule has 0 unspecified atom stereocenters. The highest BCUT2D eigenvalue weighted by Crippen LogP contribution is 2.44. The number of pyridine rings is 1. The lowest BCUT2D eigenvalue weighted by Crippen LogP contribution is -2.05. The van der Waals surface area contributed by atoms with E-state index in [1.807, 2.05) is 19.1 Å². The predicted octanol–water partition coefficient (Wildman–Crippen LogP) is 6.74. The summed E-state index contributed by atoms with van der Waals surface area (Å²) in [6, 6.07) is 9.68. The minimum Gasteiger partial charge on any atom is -0.492 e. The molecule has 0 aliphatic rings. The molecule has 2 aromatic carbocycles. The van der Waals surface area contributed by atoms with Crippen LogP contribution in [0.2, 0.25) is 5.02 Å². The zero-order valence-corrected chi connectivity index (χ0v) is 18.3. The van der Waals surface area contributed by atoms with Crippen LogP contribution in [-0.2, 0) is 12.6 Å². The van der Waals surface area contributed by atoms with E-state index in [0.717, 1.165) is 35.4 Å². The lowest BCUT2D eigenvalue weighted by atomic mass is 9.97. The van der Waals surface area contributed by atoms with Crippen LogP contribution in [0.4, 0.5) is 13.2 Å². The van der Waals surface area contributed by atoms with Crippen molar-refractivity contribution in [2.45, 2.75) is 32.4 Å². The number of aryl methyl sites for hydroxylation is 1. The number of nitrogens with zero attached hydrogens (tertiary/aromatic N) is 1. The lowest BCUT2D eigenvalue weighted by molar-refractivity contribution is -0.136. The standard InChI is InChI=1S/C24H23ClF3N3O/c1-2-32-19-11-8-15(14-7-5-13-30-22(14)19)21-16(6-3-4-12-29)20-18(25)10-9-17(23(20)31-21)24(26,27)28/h5,7-11,13,31H,2-4,6,12,29H2,1H3. The van der Waals surface area contributed by atoms with Crippen molar-refractivity contribution in [2.24, 2.45) is 5.73 Å². The van der Waals surface area contributed by atoms with Gasteiger partial charge in [-0.1, -0.05) is 17.7 Å². The maximum atomic E-state index is 13.8. The Bertz CT molecular complexity index is 1270. The summed E-state index contributed by atoms with van der Waals surface area (Å²) in [5.41, 5.74) is 7.67. The Morgan fingerprint density at radius 2 is 1.94 bits per heavy atom. The highest BCUT2D eigenvalue weighted by Gasteiger charge is 2.35. The highest BCUT2D eigenvalue weighted by molar-refractivity contribution is 6.36. The van der Waals surface area contributed by atoms with Gasteiger partial charge >= 0.3 is 6.18 Å². The molecule has 0 saturated heterocycles. The van der Waals surface area contributed by atoms with Crippen LogP contribution in [0.15, 0.2) is 42.6 Å². The first-order valence-corrected chi connectivity index (χ1v) is 10.9. The van der Waals surface area contributed by atoms with E-state index in [0.29, 0.717) is 41.9 Å². The summed E-state index contributed by atoms with van der Waals surface area (Å²) >= 11 is 6.44. The molecule has 8 heteroatoms. The molecule has 0 atom stereocenters. The Balaban J connectivity index is 2.03. The van der Waals surface area contributed by atoms with Crippen molar-refractivity contribution in [3.63, 3.8) is 0 Å². The summed E-state index contributed by atoms with van der Waals surface area (Å²) in [5, 5.41) is 1.47. The second-order valence-corrected chi connectivity index (χ2v) is 7.92. The van der Waals surface area contributed by atoms with Crippen molar-refractivity contribution < 1.29 is 17.9 Å². The molecule has 0 bridgehead atoms. The second kappa shape index (κ2) is 9.00. The van der Waals surface area contributed by atoms with Crippen LogP contribution in [0.1, 0.15) is 30.9 Å². The zero-order valence-electron chi connectivity index (χ0n) is 17.5. The Morgan fingerprint density at radius 1 is 1.12 bits per heavy atom. The van der Waals surface area contributed by atoms with Gasteiger partial charge in [-0.15, -0.1) is 0 Å². The molecule has 4 nitrogen and oxygen atoms in total. The first-order valence-electron chi connectivity index (χ1n) is 10.5. The number of aromatic nitrogens is 2. The lowest BCUT2D eigenvalue weighted by Gasteiger charge is -2.12. The maximum absolute atomic E-state index is 13.8. The quantitative estimate of drug-likeness (QED) is 0.300. The van der Waals surface area contributed by atoms with Crippen LogP contribution in [-0.4, -0.2) is 23.1 Å².